The summed E-state index contributed by atoms with van der Waals surface area (Å²) >= 11 is 0. The van der Waals surface area contributed by atoms with Crippen molar-refractivity contribution in [1.82, 2.24) is 10.2 Å². The van der Waals surface area contributed by atoms with E-state index in [0.717, 1.165) is 41.9 Å². The molecule has 3 aromatic rings. The number of ether oxygens (including phenoxy) is 1. The van der Waals surface area contributed by atoms with Gasteiger partial charge in [0, 0.05) is 29.1 Å². The molecule has 2 bridgehead atoms. The molecule has 0 spiro atoms. The van der Waals surface area contributed by atoms with Crippen molar-refractivity contribution in [3.05, 3.63) is 54.3 Å². The van der Waals surface area contributed by atoms with Crippen molar-refractivity contribution >= 4 is 16.9 Å². The SMILES string of the molecule is COc1ccccc1-c1cccc2cc(C(=O)NC3CN4CCC3CC4)oc12. The van der Waals surface area contributed by atoms with Crippen LogP contribution in [0.5, 0.6) is 5.75 Å². The number of nitrogens with zero attached hydrogens (tertiary/aromatic N) is 1. The smallest absolute Gasteiger partial charge is 0.287 e. The number of hydrogen-bond acceptors (Lipinski definition) is 4. The highest BCUT2D eigenvalue weighted by Gasteiger charge is 2.35. The highest BCUT2D eigenvalue weighted by molar-refractivity contribution is 6.00. The van der Waals surface area contributed by atoms with Gasteiger partial charge in [0.2, 0.25) is 0 Å². The second kappa shape index (κ2) is 6.99. The van der Waals surface area contributed by atoms with E-state index in [4.69, 9.17) is 9.15 Å². The van der Waals surface area contributed by atoms with Crippen LogP contribution in [0.2, 0.25) is 0 Å². The number of fused-ring (bicyclic) bond motifs is 4. The number of rotatable bonds is 4. The van der Waals surface area contributed by atoms with Crippen LogP contribution in [0.4, 0.5) is 0 Å². The molecule has 1 amide bonds. The molecule has 5 nitrogen and oxygen atoms in total. The summed E-state index contributed by atoms with van der Waals surface area (Å²) in [6.45, 7) is 3.26. The first-order valence-corrected chi connectivity index (χ1v) is 9.92. The predicted molar refractivity (Wildman–Crippen MR) is 109 cm³/mol. The molecule has 28 heavy (non-hydrogen) atoms. The standard InChI is InChI=1S/C23H24N2O3/c1-27-20-8-3-2-6-17(20)18-7-4-5-16-13-21(28-22(16)18)23(26)24-19-14-25-11-9-15(19)10-12-25/h2-8,13,15,19H,9-12,14H2,1H3,(H,24,26). The van der Waals surface area contributed by atoms with E-state index in [9.17, 15) is 4.79 Å². The molecule has 0 radical (unpaired) electrons. The summed E-state index contributed by atoms with van der Waals surface area (Å²) in [4.78, 5) is 15.3. The van der Waals surface area contributed by atoms with Gasteiger partial charge in [-0.2, -0.15) is 0 Å². The van der Waals surface area contributed by atoms with Gasteiger partial charge < -0.3 is 19.4 Å². The third-order valence-electron chi connectivity index (χ3n) is 6.14. The predicted octanol–water partition coefficient (Wildman–Crippen LogP) is 3.93. The summed E-state index contributed by atoms with van der Waals surface area (Å²) in [5.41, 5.74) is 2.59. The van der Waals surface area contributed by atoms with Gasteiger partial charge in [-0.05, 0) is 44.0 Å². The average molecular weight is 376 g/mol. The second-order valence-electron chi connectivity index (χ2n) is 7.75. The Morgan fingerprint density at radius 3 is 2.64 bits per heavy atom. The zero-order chi connectivity index (χ0) is 19.1. The van der Waals surface area contributed by atoms with E-state index in [-0.39, 0.29) is 11.9 Å². The number of amides is 1. The zero-order valence-corrected chi connectivity index (χ0v) is 16.0. The Hall–Kier alpha value is -2.79. The molecule has 1 N–H and O–H groups in total. The first-order valence-electron chi connectivity index (χ1n) is 9.92. The number of furan rings is 1. The van der Waals surface area contributed by atoms with Crippen molar-refractivity contribution in [3.63, 3.8) is 0 Å². The number of carbonyl (C=O) groups excluding carboxylic acids is 1. The summed E-state index contributed by atoms with van der Waals surface area (Å²) in [6.07, 6.45) is 2.34. The van der Waals surface area contributed by atoms with Gasteiger partial charge in [-0.3, -0.25) is 4.79 Å². The third-order valence-corrected chi connectivity index (χ3v) is 6.14. The molecule has 1 aromatic heterocycles. The summed E-state index contributed by atoms with van der Waals surface area (Å²) in [5.74, 6) is 1.61. The van der Waals surface area contributed by atoms with Gasteiger partial charge in [-0.1, -0.05) is 36.4 Å². The minimum Gasteiger partial charge on any atom is -0.496 e. The van der Waals surface area contributed by atoms with Crippen LogP contribution >= 0.6 is 0 Å². The highest BCUT2D eigenvalue weighted by Crippen LogP contribution is 2.36. The molecule has 3 saturated heterocycles. The van der Waals surface area contributed by atoms with Crippen molar-refractivity contribution in [2.45, 2.75) is 18.9 Å². The van der Waals surface area contributed by atoms with Gasteiger partial charge in [0.25, 0.3) is 5.91 Å². The molecule has 0 saturated carbocycles. The Morgan fingerprint density at radius 2 is 1.89 bits per heavy atom. The molecule has 1 atom stereocenters. The first-order chi connectivity index (χ1) is 13.7. The fourth-order valence-electron chi connectivity index (χ4n) is 4.62. The van der Waals surface area contributed by atoms with Crippen LogP contribution in [0, 0.1) is 5.92 Å². The molecule has 3 aliphatic heterocycles. The summed E-state index contributed by atoms with van der Waals surface area (Å²) in [5, 5.41) is 4.13. The average Bonchev–Trinajstić information content (AvgIpc) is 3.19. The first kappa shape index (κ1) is 17.3. The van der Waals surface area contributed by atoms with Gasteiger partial charge in [-0.25, -0.2) is 0 Å². The molecule has 0 aliphatic carbocycles. The normalized spacial score (nSPS) is 23.7. The van der Waals surface area contributed by atoms with Crippen LogP contribution in [0.25, 0.3) is 22.1 Å². The van der Waals surface area contributed by atoms with Crippen molar-refractivity contribution < 1.29 is 13.9 Å². The lowest BCUT2D eigenvalue weighted by atomic mass is 9.84. The van der Waals surface area contributed by atoms with E-state index in [1.54, 1.807) is 7.11 Å². The molecule has 1 unspecified atom stereocenters. The number of carbonyl (C=O) groups is 1. The number of para-hydroxylation sites is 2. The number of nitrogens with one attached hydrogen (secondary N) is 1. The molecule has 6 rings (SSSR count). The molecule has 4 heterocycles. The van der Waals surface area contributed by atoms with Gasteiger partial charge in [0.15, 0.2) is 5.76 Å². The summed E-state index contributed by atoms with van der Waals surface area (Å²) in [7, 11) is 1.66. The van der Waals surface area contributed by atoms with Gasteiger partial charge in [0.05, 0.1) is 7.11 Å². The topological polar surface area (TPSA) is 54.7 Å². The lowest BCUT2D eigenvalue weighted by Crippen LogP contribution is -2.57. The van der Waals surface area contributed by atoms with Gasteiger partial charge in [-0.15, -0.1) is 0 Å². The Bertz CT molecular complexity index is 1020. The van der Waals surface area contributed by atoms with E-state index < -0.39 is 0 Å². The minimum atomic E-state index is -0.124. The van der Waals surface area contributed by atoms with Crippen molar-refractivity contribution in [3.8, 4) is 16.9 Å². The molecular weight excluding hydrogens is 352 g/mol. The van der Waals surface area contributed by atoms with E-state index in [1.807, 2.05) is 48.5 Å². The van der Waals surface area contributed by atoms with Gasteiger partial charge >= 0.3 is 0 Å². The van der Waals surface area contributed by atoms with Gasteiger partial charge in [0.1, 0.15) is 11.3 Å². The summed E-state index contributed by atoms with van der Waals surface area (Å²) < 4.78 is 11.6. The molecule has 3 fully saturated rings. The van der Waals surface area contributed by atoms with E-state index in [1.165, 1.54) is 12.8 Å². The Morgan fingerprint density at radius 1 is 1.11 bits per heavy atom. The minimum absolute atomic E-state index is 0.124. The van der Waals surface area contributed by atoms with Crippen molar-refractivity contribution in [1.29, 1.82) is 0 Å². The molecule has 2 aromatic carbocycles. The number of piperidine rings is 3. The fourth-order valence-corrected chi connectivity index (χ4v) is 4.62. The lowest BCUT2D eigenvalue weighted by molar-refractivity contribution is 0.0607. The maximum absolute atomic E-state index is 12.9. The third kappa shape index (κ3) is 2.96. The fraction of sp³-hybridized carbons (Fsp3) is 0.348. The van der Waals surface area contributed by atoms with Crippen LogP contribution in [-0.2, 0) is 0 Å². The zero-order valence-electron chi connectivity index (χ0n) is 16.0. The largest absolute Gasteiger partial charge is 0.496 e. The molecule has 144 valence electrons. The van der Waals surface area contributed by atoms with Crippen LogP contribution in [-0.4, -0.2) is 43.6 Å². The van der Waals surface area contributed by atoms with Crippen LogP contribution < -0.4 is 10.1 Å². The van der Waals surface area contributed by atoms with E-state index in [0.29, 0.717) is 17.3 Å². The van der Waals surface area contributed by atoms with Crippen LogP contribution in [0.1, 0.15) is 23.4 Å². The van der Waals surface area contributed by atoms with Crippen molar-refractivity contribution in [2.24, 2.45) is 5.92 Å². The Balaban J connectivity index is 1.46. The van der Waals surface area contributed by atoms with Crippen LogP contribution in [0.15, 0.2) is 52.9 Å². The summed E-state index contributed by atoms with van der Waals surface area (Å²) in [6, 6.07) is 15.9. The lowest BCUT2D eigenvalue weighted by Gasteiger charge is -2.44. The van der Waals surface area contributed by atoms with E-state index in [2.05, 4.69) is 10.2 Å². The van der Waals surface area contributed by atoms with Crippen LogP contribution in [0.3, 0.4) is 0 Å². The second-order valence-corrected chi connectivity index (χ2v) is 7.75. The maximum atomic E-state index is 12.9. The number of methoxy groups -OCH3 is 1. The Labute approximate surface area is 164 Å². The Kier molecular flexibility index (Phi) is 4.32. The quantitative estimate of drug-likeness (QED) is 0.750. The molecule has 5 heteroatoms. The van der Waals surface area contributed by atoms with Crippen molar-refractivity contribution in [2.75, 3.05) is 26.7 Å². The van der Waals surface area contributed by atoms with E-state index >= 15 is 0 Å². The maximum Gasteiger partial charge on any atom is 0.287 e. The monoisotopic (exact) mass is 376 g/mol. The number of benzene rings is 2. The molecular formula is C23H24N2O3. The highest BCUT2D eigenvalue weighted by atomic mass is 16.5. The molecule has 3 aliphatic rings. The number of hydrogen-bond donors (Lipinski definition) is 1.